The first kappa shape index (κ1) is 9.84. The van der Waals surface area contributed by atoms with Gasteiger partial charge in [0.05, 0.1) is 12.9 Å². The molecule has 0 bridgehead atoms. The third-order valence-electron chi connectivity index (χ3n) is 0.616. The average molecular weight is 170 g/mol. The minimum Gasteiger partial charge on any atom is -0.267 e. The number of rotatable bonds is 3. The summed E-state index contributed by atoms with van der Waals surface area (Å²) in [4.78, 5) is 0. The van der Waals surface area contributed by atoms with Crippen molar-refractivity contribution in [3.8, 4) is 0 Å². The lowest BCUT2D eigenvalue weighted by Crippen LogP contribution is -2.22. The largest absolute Gasteiger partial charge is 0.267 e. The van der Waals surface area contributed by atoms with Crippen molar-refractivity contribution in [2.24, 2.45) is 0 Å². The van der Waals surface area contributed by atoms with Crippen LogP contribution in [0.1, 0.15) is 13.8 Å². The van der Waals surface area contributed by atoms with Gasteiger partial charge in [-0.25, -0.2) is 4.39 Å². The van der Waals surface area contributed by atoms with Crippen LogP contribution in [0.25, 0.3) is 0 Å². The monoisotopic (exact) mass is 170 g/mol. The van der Waals surface area contributed by atoms with E-state index < -0.39 is 22.4 Å². The van der Waals surface area contributed by atoms with E-state index in [9.17, 15) is 12.8 Å². The van der Waals surface area contributed by atoms with Gasteiger partial charge in [-0.05, 0) is 13.8 Å². The van der Waals surface area contributed by atoms with Gasteiger partial charge in [-0.3, -0.25) is 4.18 Å². The Labute approximate surface area is 60.3 Å². The van der Waals surface area contributed by atoms with Crippen molar-refractivity contribution in [3.05, 3.63) is 0 Å². The molecule has 62 valence electrons. The van der Waals surface area contributed by atoms with E-state index >= 15 is 0 Å². The minimum absolute atomic E-state index is 0.425. The summed E-state index contributed by atoms with van der Waals surface area (Å²) in [7, 11) is -3.50. The van der Waals surface area contributed by atoms with Crippen LogP contribution >= 0.6 is 0 Å². The van der Waals surface area contributed by atoms with Crippen LogP contribution in [0, 0.1) is 0 Å². The van der Waals surface area contributed by atoms with Gasteiger partial charge < -0.3 is 0 Å². The average Bonchev–Trinajstić information content (AvgIpc) is 1.57. The molecule has 0 N–H and O–H groups in total. The molecule has 0 aliphatic rings. The molecular formula is C5H11FO3S. The number of halogens is 1. The molecule has 0 heterocycles. The maximum atomic E-state index is 12.5. The minimum atomic E-state index is -3.50. The van der Waals surface area contributed by atoms with Crippen LogP contribution in [0.15, 0.2) is 0 Å². The maximum Gasteiger partial charge on any atom is 0.264 e. The molecule has 0 aliphatic heterocycles. The fourth-order valence-electron chi connectivity index (χ4n) is 0.247. The van der Waals surface area contributed by atoms with Crippen molar-refractivity contribution in [2.75, 3.05) is 12.9 Å². The van der Waals surface area contributed by atoms with Gasteiger partial charge in [-0.15, -0.1) is 0 Å². The number of hydrogen-bond acceptors (Lipinski definition) is 3. The molecule has 10 heavy (non-hydrogen) atoms. The molecule has 0 radical (unpaired) electrons. The summed E-state index contributed by atoms with van der Waals surface area (Å²) >= 11 is 0. The summed E-state index contributed by atoms with van der Waals surface area (Å²) in [6.45, 7) is 2.07. The fraction of sp³-hybridized carbons (Fsp3) is 1.00. The van der Waals surface area contributed by atoms with E-state index in [2.05, 4.69) is 4.18 Å². The van der Waals surface area contributed by atoms with Gasteiger partial charge >= 0.3 is 0 Å². The molecule has 0 atom stereocenters. The van der Waals surface area contributed by atoms with E-state index in [0.717, 1.165) is 6.26 Å². The van der Waals surface area contributed by atoms with Crippen molar-refractivity contribution in [3.63, 3.8) is 0 Å². The summed E-state index contributed by atoms with van der Waals surface area (Å²) in [5.41, 5.74) is -1.59. The van der Waals surface area contributed by atoms with Gasteiger partial charge in [0.25, 0.3) is 10.1 Å². The first-order valence-corrected chi connectivity index (χ1v) is 4.56. The lowest BCUT2D eigenvalue weighted by Gasteiger charge is -2.11. The SMILES string of the molecule is CC(C)(F)COS(C)(=O)=O. The summed E-state index contributed by atoms with van der Waals surface area (Å²) < 4.78 is 37.3. The second-order valence-corrected chi connectivity index (χ2v) is 4.33. The summed E-state index contributed by atoms with van der Waals surface area (Å²) in [5.74, 6) is 0. The Hall–Kier alpha value is -0.160. The van der Waals surface area contributed by atoms with E-state index in [0.29, 0.717) is 0 Å². The lowest BCUT2D eigenvalue weighted by molar-refractivity contribution is 0.125. The Kier molecular flexibility index (Phi) is 2.79. The van der Waals surface area contributed by atoms with Crippen molar-refractivity contribution < 1.29 is 17.0 Å². The molecular weight excluding hydrogens is 159 g/mol. The van der Waals surface area contributed by atoms with Crippen LogP contribution < -0.4 is 0 Å². The first-order valence-electron chi connectivity index (χ1n) is 2.74. The molecule has 0 aromatic carbocycles. The molecule has 0 aliphatic carbocycles. The topological polar surface area (TPSA) is 43.4 Å². The molecule has 0 saturated heterocycles. The molecule has 5 heteroatoms. The van der Waals surface area contributed by atoms with Crippen LogP contribution in [0.4, 0.5) is 4.39 Å². The highest BCUT2D eigenvalue weighted by molar-refractivity contribution is 7.85. The Bertz CT molecular complexity index is 189. The molecule has 0 spiro atoms. The van der Waals surface area contributed by atoms with Crippen molar-refractivity contribution >= 4 is 10.1 Å². The predicted octanol–water partition coefficient (Wildman–Crippen LogP) is 0.711. The smallest absolute Gasteiger partial charge is 0.264 e. The quantitative estimate of drug-likeness (QED) is 0.586. The molecule has 0 unspecified atom stereocenters. The third-order valence-corrected chi connectivity index (χ3v) is 1.16. The van der Waals surface area contributed by atoms with Crippen molar-refractivity contribution in [1.82, 2.24) is 0 Å². The number of alkyl halides is 1. The Balaban J connectivity index is 3.79. The standard InChI is InChI=1S/C5H11FO3S/c1-5(2,6)4-9-10(3,7)8/h4H2,1-3H3. The summed E-state index contributed by atoms with van der Waals surface area (Å²) in [5, 5.41) is 0. The highest BCUT2D eigenvalue weighted by Crippen LogP contribution is 2.09. The van der Waals surface area contributed by atoms with Crippen LogP contribution in [-0.4, -0.2) is 26.9 Å². The molecule has 0 amide bonds. The Morgan fingerprint density at radius 2 is 1.90 bits per heavy atom. The Morgan fingerprint density at radius 3 is 2.00 bits per heavy atom. The van der Waals surface area contributed by atoms with Crippen LogP contribution in [0.3, 0.4) is 0 Å². The molecule has 0 aromatic heterocycles. The van der Waals surface area contributed by atoms with Gasteiger partial charge in [0.15, 0.2) is 0 Å². The van der Waals surface area contributed by atoms with E-state index in [1.165, 1.54) is 13.8 Å². The zero-order valence-corrected chi connectivity index (χ0v) is 7.03. The zero-order valence-electron chi connectivity index (χ0n) is 6.22. The second kappa shape index (κ2) is 2.84. The molecule has 0 rings (SSSR count). The van der Waals surface area contributed by atoms with E-state index in [1.54, 1.807) is 0 Å². The lowest BCUT2D eigenvalue weighted by atomic mass is 10.2. The highest BCUT2D eigenvalue weighted by Gasteiger charge is 2.18. The van der Waals surface area contributed by atoms with E-state index in [-0.39, 0.29) is 0 Å². The van der Waals surface area contributed by atoms with Gasteiger partial charge in [0.1, 0.15) is 5.67 Å². The van der Waals surface area contributed by atoms with Gasteiger partial charge in [-0.2, -0.15) is 8.42 Å². The van der Waals surface area contributed by atoms with E-state index in [4.69, 9.17) is 0 Å². The summed E-state index contributed by atoms with van der Waals surface area (Å²) in [6.07, 6.45) is 0.888. The van der Waals surface area contributed by atoms with Crippen molar-refractivity contribution in [1.29, 1.82) is 0 Å². The van der Waals surface area contributed by atoms with Crippen LogP contribution in [-0.2, 0) is 14.3 Å². The van der Waals surface area contributed by atoms with Gasteiger partial charge in [0.2, 0.25) is 0 Å². The maximum absolute atomic E-state index is 12.5. The zero-order chi connectivity index (χ0) is 8.41. The van der Waals surface area contributed by atoms with Crippen molar-refractivity contribution in [2.45, 2.75) is 19.5 Å². The predicted molar refractivity (Wildman–Crippen MR) is 36.0 cm³/mol. The normalized spacial score (nSPS) is 13.6. The van der Waals surface area contributed by atoms with Crippen LogP contribution in [0.5, 0.6) is 0 Å². The van der Waals surface area contributed by atoms with Gasteiger partial charge in [-0.1, -0.05) is 0 Å². The molecule has 3 nitrogen and oxygen atoms in total. The van der Waals surface area contributed by atoms with Crippen LogP contribution in [0.2, 0.25) is 0 Å². The Morgan fingerprint density at radius 1 is 1.50 bits per heavy atom. The fourth-order valence-corrected chi connectivity index (χ4v) is 0.741. The van der Waals surface area contributed by atoms with E-state index in [1.807, 2.05) is 0 Å². The van der Waals surface area contributed by atoms with Gasteiger partial charge in [0, 0.05) is 0 Å². The molecule has 0 aromatic rings. The summed E-state index contributed by atoms with van der Waals surface area (Å²) in [6, 6.07) is 0. The second-order valence-electron chi connectivity index (χ2n) is 2.69. The highest BCUT2D eigenvalue weighted by atomic mass is 32.2. The first-order chi connectivity index (χ1) is 4.21. The molecule has 0 fully saturated rings. The number of hydrogen-bond donors (Lipinski definition) is 0. The molecule has 0 saturated carbocycles. The third kappa shape index (κ3) is 7.84.